The van der Waals surface area contributed by atoms with E-state index < -0.39 is 0 Å². The van der Waals surface area contributed by atoms with Crippen LogP contribution < -0.4 is 5.32 Å². The van der Waals surface area contributed by atoms with Crippen LogP contribution >= 0.6 is 11.8 Å². The summed E-state index contributed by atoms with van der Waals surface area (Å²) in [5.74, 6) is 4.87. The average molecular weight is 184 g/mol. The molecule has 2 heterocycles. The molecule has 0 saturated carbocycles. The van der Waals surface area contributed by atoms with Gasteiger partial charge in [-0.25, -0.2) is 0 Å². The Bertz CT molecular complexity index is 173. The van der Waals surface area contributed by atoms with Gasteiger partial charge in [0.05, 0.1) is 5.84 Å². The van der Waals surface area contributed by atoms with E-state index >= 15 is 0 Å². The summed E-state index contributed by atoms with van der Waals surface area (Å²) < 4.78 is 0. The standard InChI is InChI=1S/C9H16N2S/c1-2-9(10-4-1)11-6-8-3-5-12-7-8/h8H,1-7H2,(H,10,11). The fourth-order valence-electron chi connectivity index (χ4n) is 1.69. The summed E-state index contributed by atoms with van der Waals surface area (Å²) >= 11 is 2.08. The quantitative estimate of drug-likeness (QED) is 0.703. The Hall–Kier alpha value is -0.180. The van der Waals surface area contributed by atoms with Gasteiger partial charge in [-0.15, -0.1) is 0 Å². The second-order valence-corrected chi connectivity index (χ2v) is 4.69. The topological polar surface area (TPSA) is 24.4 Å². The highest BCUT2D eigenvalue weighted by Gasteiger charge is 2.16. The van der Waals surface area contributed by atoms with Crippen molar-refractivity contribution in [1.82, 2.24) is 5.32 Å². The summed E-state index contributed by atoms with van der Waals surface area (Å²) in [4.78, 5) is 4.40. The molecule has 1 atom stereocenters. The molecule has 2 aliphatic heterocycles. The fraction of sp³-hybridized carbons (Fsp3) is 0.889. The van der Waals surface area contributed by atoms with Gasteiger partial charge >= 0.3 is 0 Å². The zero-order chi connectivity index (χ0) is 8.23. The second kappa shape index (κ2) is 4.17. The van der Waals surface area contributed by atoms with Crippen LogP contribution in [0.2, 0.25) is 0 Å². The van der Waals surface area contributed by atoms with Crippen molar-refractivity contribution < 1.29 is 0 Å². The first-order valence-electron chi connectivity index (χ1n) is 4.80. The SMILES string of the molecule is C1CN=C(NCC2CCSC2)C1. The number of aliphatic imine (C=N–C) groups is 1. The van der Waals surface area contributed by atoms with Crippen LogP contribution in [0.5, 0.6) is 0 Å². The van der Waals surface area contributed by atoms with Crippen LogP contribution in [-0.4, -0.2) is 30.4 Å². The molecule has 0 bridgehead atoms. The molecule has 0 amide bonds. The van der Waals surface area contributed by atoms with Gasteiger partial charge < -0.3 is 5.32 Å². The molecule has 1 unspecified atom stereocenters. The molecule has 0 spiro atoms. The van der Waals surface area contributed by atoms with E-state index in [1.165, 1.54) is 36.6 Å². The van der Waals surface area contributed by atoms with Crippen LogP contribution in [0, 0.1) is 5.92 Å². The zero-order valence-electron chi connectivity index (χ0n) is 7.38. The predicted octanol–water partition coefficient (Wildman–Crippen LogP) is 1.52. The summed E-state index contributed by atoms with van der Waals surface area (Å²) in [5.41, 5.74) is 0. The van der Waals surface area contributed by atoms with E-state index in [0.29, 0.717) is 0 Å². The molecule has 1 fully saturated rings. The Balaban J connectivity index is 1.67. The van der Waals surface area contributed by atoms with Crippen LogP contribution in [0.3, 0.4) is 0 Å². The number of nitrogens with one attached hydrogen (secondary N) is 1. The Labute approximate surface area is 78.2 Å². The largest absolute Gasteiger partial charge is 0.374 e. The van der Waals surface area contributed by atoms with Crippen LogP contribution in [-0.2, 0) is 0 Å². The van der Waals surface area contributed by atoms with Gasteiger partial charge in [0, 0.05) is 19.5 Å². The molecule has 2 nitrogen and oxygen atoms in total. The van der Waals surface area contributed by atoms with Crippen LogP contribution in [0.1, 0.15) is 19.3 Å². The first kappa shape index (κ1) is 8.42. The highest BCUT2D eigenvalue weighted by atomic mass is 32.2. The van der Waals surface area contributed by atoms with E-state index in [1.54, 1.807) is 0 Å². The maximum atomic E-state index is 4.40. The van der Waals surface area contributed by atoms with Gasteiger partial charge in [-0.1, -0.05) is 0 Å². The molecule has 2 rings (SSSR count). The lowest BCUT2D eigenvalue weighted by Gasteiger charge is -2.10. The van der Waals surface area contributed by atoms with Gasteiger partial charge in [-0.05, 0) is 30.3 Å². The lowest BCUT2D eigenvalue weighted by atomic mass is 10.1. The van der Waals surface area contributed by atoms with Crippen molar-refractivity contribution in [2.24, 2.45) is 10.9 Å². The highest BCUT2D eigenvalue weighted by Crippen LogP contribution is 2.22. The molecule has 3 heteroatoms. The van der Waals surface area contributed by atoms with E-state index in [-0.39, 0.29) is 0 Å². The fourth-order valence-corrected chi connectivity index (χ4v) is 2.97. The number of nitrogens with zero attached hydrogens (tertiary/aromatic N) is 1. The molecule has 12 heavy (non-hydrogen) atoms. The van der Waals surface area contributed by atoms with E-state index in [2.05, 4.69) is 22.1 Å². The summed E-state index contributed by atoms with van der Waals surface area (Å²) in [6.07, 6.45) is 3.83. The highest BCUT2D eigenvalue weighted by molar-refractivity contribution is 7.99. The van der Waals surface area contributed by atoms with Crippen molar-refractivity contribution in [2.45, 2.75) is 19.3 Å². The smallest absolute Gasteiger partial charge is 0.0963 e. The Kier molecular flexibility index (Phi) is 2.93. The summed E-state index contributed by atoms with van der Waals surface area (Å²) in [5, 5.41) is 3.46. The van der Waals surface area contributed by atoms with Crippen LogP contribution in [0.15, 0.2) is 4.99 Å². The van der Waals surface area contributed by atoms with Gasteiger partial charge in [0.15, 0.2) is 0 Å². The second-order valence-electron chi connectivity index (χ2n) is 3.54. The minimum atomic E-state index is 0.901. The number of hydrogen-bond donors (Lipinski definition) is 1. The van der Waals surface area contributed by atoms with Gasteiger partial charge in [0.25, 0.3) is 0 Å². The number of hydrogen-bond acceptors (Lipinski definition) is 3. The maximum Gasteiger partial charge on any atom is 0.0963 e. The molecule has 0 aromatic rings. The average Bonchev–Trinajstić information content (AvgIpc) is 2.74. The van der Waals surface area contributed by atoms with E-state index in [0.717, 1.165) is 19.0 Å². The van der Waals surface area contributed by atoms with Crippen molar-refractivity contribution in [2.75, 3.05) is 24.6 Å². The predicted molar refractivity (Wildman–Crippen MR) is 55.0 cm³/mol. The van der Waals surface area contributed by atoms with Gasteiger partial charge in [-0.3, -0.25) is 4.99 Å². The van der Waals surface area contributed by atoms with Crippen molar-refractivity contribution in [3.05, 3.63) is 0 Å². The first-order valence-corrected chi connectivity index (χ1v) is 5.95. The Morgan fingerprint density at radius 2 is 2.58 bits per heavy atom. The first-order chi connectivity index (χ1) is 5.95. The van der Waals surface area contributed by atoms with E-state index in [1.807, 2.05) is 0 Å². The third-order valence-electron chi connectivity index (χ3n) is 2.49. The monoisotopic (exact) mass is 184 g/mol. The maximum absolute atomic E-state index is 4.40. The van der Waals surface area contributed by atoms with Gasteiger partial charge in [0.2, 0.25) is 0 Å². The zero-order valence-corrected chi connectivity index (χ0v) is 8.20. The van der Waals surface area contributed by atoms with Crippen molar-refractivity contribution in [3.63, 3.8) is 0 Å². The lowest BCUT2D eigenvalue weighted by Crippen LogP contribution is -2.27. The van der Waals surface area contributed by atoms with Gasteiger partial charge in [-0.2, -0.15) is 11.8 Å². The number of thioether (sulfide) groups is 1. The van der Waals surface area contributed by atoms with Crippen LogP contribution in [0.4, 0.5) is 0 Å². The Morgan fingerprint density at radius 1 is 1.58 bits per heavy atom. The molecule has 0 aromatic carbocycles. The van der Waals surface area contributed by atoms with E-state index in [9.17, 15) is 0 Å². The molecule has 0 radical (unpaired) electrons. The van der Waals surface area contributed by atoms with Gasteiger partial charge in [0.1, 0.15) is 0 Å². The molecule has 1 N–H and O–H groups in total. The van der Waals surface area contributed by atoms with Crippen molar-refractivity contribution in [3.8, 4) is 0 Å². The number of amidine groups is 1. The molecule has 1 saturated heterocycles. The lowest BCUT2D eigenvalue weighted by molar-refractivity contribution is 0.579. The molecule has 68 valence electrons. The van der Waals surface area contributed by atoms with Crippen molar-refractivity contribution in [1.29, 1.82) is 0 Å². The molecule has 2 aliphatic rings. The van der Waals surface area contributed by atoms with E-state index in [4.69, 9.17) is 0 Å². The van der Waals surface area contributed by atoms with Crippen LogP contribution in [0.25, 0.3) is 0 Å². The summed E-state index contributed by atoms with van der Waals surface area (Å²) in [6.45, 7) is 2.20. The summed E-state index contributed by atoms with van der Waals surface area (Å²) in [6, 6.07) is 0. The molecular formula is C9H16N2S. The molecular weight excluding hydrogens is 168 g/mol. The third-order valence-corrected chi connectivity index (χ3v) is 3.72. The minimum absolute atomic E-state index is 0.901. The molecule has 0 aromatic heterocycles. The third kappa shape index (κ3) is 2.16. The Morgan fingerprint density at radius 3 is 3.25 bits per heavy atom. The minimum Gasteiger partial charge on any atom is -0.374 e. The van der Waals surface area contributed by atoms with Crippen molar-refractivity contribution >= 4 is 17.6 Å². The number of rotatable bonds is 2. The molecule has 0 aliphatic carbocycles. The normalized spacial score (nSPS) is 29.0. The summed E-state index contributed by atoms with van der Waals surface area (Å²) in [7, 11) is 0.